The van der Waals surface area contributed by atoms with E-state index in [-0.39, 0.29) is 5.91 Å². The van der Waals surface area contributed by atoms with E-state index in [9.17, 15) is 4.79 Å². The SMILES string of the molecule is O=C(NCc1ccno1)c1ccc2nc[nH]c2c1. The van der Waals surface area contributed by atoms with Gasteiger partial charge in [-0.2, -0.15) is 0 Å². The molecular formula is C12H10N4O2. The summed E-state index contributed by atoms with van der Waals surface area (Å²) in [4.78, 5) is 19.0. The Labute approximate surface area is 102 Å². The van der Waals surface area contributed by atoms with E-state index in [4.69, 9.17) is 4.52 Å². The maximum absolute atomic E-state index is 11.9. The van der Waals surface area contributed by atoms with Crippen molar-refractivity contribution < 1.29 is 9.32 Å². The number of hydrogen-bond acceptors (Lipinski definition) is 4. The molecule has 0 aliphatic carbocycles. The van der Waals surface area contributed by atoms with Crippen LogP contribution < -0.4 is 5.32 Å². The van der Waals surface area contributed by atoms with Crippen molar-refractivity contribution in [3.8, 4) is 0 Å². The third-order valence-corrected chi connectivity index (χ3v) is 2.60. The number of nitrogens with zero attached hydrogens (tertiary/aromatic N) is 2. The summed E-state index contributed by atoms with van der Waals surface area (Å²) in [7, 11) is 0. The van der Waals surface area contributed by atoms with Crippen molar-refractivity contribution in [2.24, 2.45) is 0 Å². The molecule has 0 radical (unpaired) electrons. The first-order valence-electron chi connectivity index (χ1n) is 5.44. The Bertz CT molecular complexity index is 672. The molecule has 90 valence electrons. The van der Waals surface area contributed by atoms with Crippen molar-refractivity contribution in [3.05, 3.63) is 48.1 Å². The van der Waals surface area contributed by atoms with E-state index in [0.29, 0.717) is 17.9 Å². The molecule has 3 aromatic rings. The summed E-state index contributed by atoms with van der Waals surface area (Å²) in [6.45, 7) is 0.319. The average molecular weight is 242 g/mol. The van der Waals surface area contributed by atoms with Gasteiger partial charge in [-0.1, -0.05) is 5.16 Å². The molecule has 2 aromatic heterocycles. The van der Waals surface area contributed by atoms with Gasteiger partial charge in [0.1, 0.15) is 0 Å². The van der Waals surface area contributed by atoms with E-state index in [1.807, 2.05) is 0 Å². The van der Waals surface area contributed by atoms with Crippen LogP contribution in [0, 0.1) is 0 Å². The molecule has 1 amide bonds. The minimum absolute atomic E-state index is 0.164. The van der Waals surface area contributed by atoms with E-state index >= 15 is 0 Å². The normalized spacial score (nSPS) is 10.7. The van der Waals surface area contributed by atoms with Gasteiger partial charge in [-0.25, -0.2) is 4.98 Å². The smallest absolute Gasteiger partial charge is 0.251 e. The molecule has 0 saturated heterocycles. The van der Waals surface area contributed by atoms with E-state index in [2.05, 4.69) is 20.4 Å². The molecule has 1 aromatic carbocycles. The summed E-state index contributed by atoms with van der Waals surface area (Å²) in [5.74, 6) is 0.453. The van der Waals surface area contributed by atoms with Gasteiger partial charge in [0, 0.05) is 11.6 Å². The Morgan fingerprint density at radius 3 is 3.17 bits per heavy atom. The quantitative estimate of drug-likeness (QED) is 0.728. The molecular weight excluding hydrogens is 232 g/mol. The van der Waals surface area contributed by atoms with Crippen molar-refractivity contribution >= 4 is 16.9 Å². The van der Waals surface area contributed by atoms with Crippen LogP contribution in [0.25, 0.3) is 11.0 Å². The van der Waals surface area contributed by atoms with Crippen LogP contribution >= 0.6 is 0 Å². The van der Waals surface area contributed by atoms with Crippen molar-refractivity contribution in [1.29, 1.82) is 0 Å². The van der Waals surface area contributed by atoms with Gasteiger partial charge in [-0.05, 0) is 18.2 Å². The van der Waals surface area contributed by atoms with Crippen LogP contribution in [0.15, 0.2) is 41.3 Å². The minimum atomic E-state index is -0.164. The van der Waals surface area contributed by atoms with Crippen molar-refractivity contribution in [3.63, 3.8) is 0 Å². The fourth-order valence-corrected chi connectivity index (χ4v) is 1.68. The van der Waals surface area contributed by atoms with Crippen molar-refractivity contribution in [2.75, 3.05) is 0 Å². The minimum Gasteiger partial charge on any atom is -0.360 e. The Balaban J connectivity index is 1.75. The molecule has 0 aliphatic rings. The van der Waals surface area contributed by atoms with Crippen LogP contribution in [0.1, 0.15) is 16.1 Å². The summed E-state index contributed by atoms with van der Waals surface area (Å²) >= 11 is 0. The number of fused-ring (bicyclic) bond motifs is 1. The maximum atomic E-state index is 11.9. The number of aromatic amines is 1. The number of imidazole rings is 1. The first kappa shape index (κ1) is 10.5. The second kappa shape index (κ2) is 4.33. The van der Waals surface area contributed by atoms with Crippen LogP contribution in [-0.2, 0) is 6.54 Å². The van der Waals surface area contributed by atoms with Crippen molar-refractivity contribution in [2.45, 2.75) is 6.54 Å². The summed E-state index contributed by atoms with van der Waals surface area (Å²) in [5.41, 5.74) is 2.25. The molecule has 0 aliphatic heterocycles. The standard InChI is InChI=1S/C12H10N4O2/c17-12(13-6-9-3-4-16-18-9)8-1-2-10-11(5-8)15-7-14-10/h1-5,7H,6H2,(H,13,17)(H,14,15). The van der Waals surface area contributed by atoms with E-state index in [1.165, 1.54) is 6.20 Å². The summed E-state index contributed by atoms with van der Waals surface area (Å²) in [6, 6.07) is 7.00. The predicted octanol–water partition coefficient (Wildman–Crippen LogP) is 1.48. The second-order valence-corrected chi connectivity index (χ2v) is 3.80. The molecule has 6 heteroatoms. The topological polar surface area (TPSA) is 83.8 Å². The fourth-order valence-electron chi connectivity index (χ4n) is 1.68. The zero-order valence-corrected chi connectivity index (χ0v) is 9.38. The summed E-state index contributed by atoms with van der Waals surface area (Å²) in [5, 5.41) is 6.32. The average Bonchev–Trinajstić information content (AvgIpc) is 3.05. The third-order valence-electron chi connectivity index (χ3n) is 2.60. The number of aromatic nitrogens is 3. The van der Waals surface area contributed by atoms with Gasteiger partial charge in [0.05, 0.1) is 30.1 Å². The van der Waals surface area contributed by atoms with Crippen LogP contribution in [-0.4, -0.2) is 21.0 Å². The molecule has 0 saturated carbocycles. The highest BCUT2D eigenvalue weighted by molar-refractivity contribution is 5.97. The Morgan fingerprint density at radius 1 is 1.39 bits per heavy atom. The molecule has 2 N–H and O–H groups in total. The lowest BCUT2D eigenvalue weighted by Crippen LogP contribution is -2.22. The number of amides is 1. The van der Waals surface area contributed by atoms with Gasteiger partial charge in [0.25, 0.3) is 5.91 Å². The zero-order chi connectivity index (χ0) is 12.4. The molecule has 0 spiro atoms. The number of carbonyl (C=O) groups excluding carboxylic acids is 1. The molecule has 2 heterocycles. The molecule has 0 fully saturated rings. The molecule has 3 rings (SSSR count). The van der Waals surface area contributed by atoms with Crippen molar-refractivity contribution in [1.82, 2.24) is 20.4 Å². The van der Waals surface area contributed by atoms with E-state index in [1.54, 1.807) is 30.6 Å². The number of hydrogen-bond donors (Lipinski definition) is 2. The second-order valence-electron chi connectivity index (χ2n) is 3.80. The summed E-state index contributed by atoms with van der Waals surface area (Å²) in [6.07, 6.45) is 3.14. The van der Waals surface area contributed by atoms with Gasteiger partial charge in [-0.3, -0.25) is 4.79 Å². The summed E-state index contributed by atoms with van der Waals surface area (Å²) < 4.78 is 4.90. The van der Waals surface area contributed by atoms with E-state index in [0.717, 1.165) is 11.0 Å². The third kappa shape index (κ3) is 1.95. The molecule has 6 nitrogen and oxygen atoms in total. The van der Waals surface area contributed by atoms with Crippen LogP contribution in [0.3, 0.4) is 0 Å². The zero-order valence-electron chi connectivity index (χ0n) is 9.38. The molecule has 0 bridgehead atoms. The van der Waals surface area contributed by atoms with Gasteiger partial charge in [-0.15, -0.1) is 0 Å². The fraction of sp³-hybridized carbons (Fsp3) is 0.0833. The Kier molecular flexibility index (Phi) is 2.53. The van der Waals surface area contributed by atoms with Gasteiger partial charge < -0.3 is 14.8 Å². The van der Waals surface area contributed by atoms with Gasteiger partial charge >= 0.3 is 0 Å². The Hall–Kier alpha value is -2.63. The lowest BCUT2D eigenvalue weighted by molar-refractivity contribution is 0.0947. The largest absolute Gasteiger partial charge is 0.360 e. The van der Waals surface area contributed by atoms with Crippen LogP contribution in [0.5, 0.6) is 0 Å². The van der Waals surface area contributed by atoms with Gasteiger partial charge in [0.2, 0.25) is 0 Å². The lowest BCUT2D eigenvalue weighted by atomic mass is 10.2. The number of benzene rings is 1. The lowest BCUT2D eigenvalue weighted by Gasteiger charge is -2.02. The number of H-pyrrole nitrogens is 1. The maximum Gasteiger partial charge on any atom is 0.251 e. The molecule has 0 unspecified atom stereocenters. The van der Waals surface area contributed by atoms with Crippen LogP contribution in [0.2, 0.25) is 0 Å². The van der Waals surface area contributed by atoms with Crippen LogP contribution in [0.4, 0.5) is 0 Å². The number of carbonyl (C=O) groups is 1. The highest BCUT2D eigenvalue weighted by Gasteiger charge is 2.08. The first-order chi connectivity index (χ1) is 8.83. The van der Waals surface area contributed by atoms with E-state index < -0.39 is 0 Å². The van der Waals surface area contributed by atoms with Gasteiger partial charge in [0.15, 0.2) is 5.76 Å². The predicted molar refractivity (Wildman–Crippen MR) is 63.8 cm³/mol. The number of rotatable bonds is 3. The highest BCUT2D eigenvalue weighted by Crippen LogP contribution is 2.11. The first-order valence-corrected chi connectivity index (χ1v) is 5.44. The highest BCUT2D eigenvalue weighted by atomic mass is 16.5. The number of nitrogens with one attached hydrogen (secondary N) is 2. The molecule has 18 heavy (non-hydrogen) atoms. The Morgan fingerprint density at radius 2 is 2.33 bits per heavy atom. The molecule has 0 atom stereocenters. The monoisotopic (exact) mass is 242 g/mol.